The van der Waals surface area contributed by atoms with Crippen molar-refractivity contribution >= 4 is 40.5 Å². The van der Waals surface area contributed by atoms with Crippen molar-refractivity contribution in [1.82, 2.24) is 9.97 Å². The number of methoxy groups -OCH3 is 2. The minimum absolute atomic E-state index is 0.119. The van der Waals surface area contributed by atoms with E-state index in [2.05, 4.69) is 42.0 Å². The SMILES string of the molecule is COC(=O)CN(CC(=O)OC)c1ncc(I)cn1. The summed E-state index contributed by atoms with van der Waals surface area (Å²) < 4.78 is 9.96. The number of ether oxygens (including phenoxy) is 2. The van der Waals surface area contributed by atoms with Crippen LogP contribution in [0.3, 0.4) is 0 Å². The van der Waals surface area contributed by atoms with E-state index >= 15 is 0 Å². The molecule has 0 aromatic carbocycles. The van der Waals surface area contributed by atoms with Gasteiger partial charge in [0, 0.05) is 16.0 Å². The molecule has 1 aromatic rings. The van der Waals surface area contributed by atoms with Crippen molar-refractivity contribution in [2.45, 2.75) is 0 Å². The zero-order valence-corrected chi connectivity index (χ0v) is 12.1. The Morgan fingerprint density at radius 2 is 1.61 bits per heavy atom. The van der Waals surface area contributed by atoms with Crippen LogP contribution in [0.5, 0.6) is 0 Å². The fraction of sp³-hybridized carbons (Fsp3) is 0.400. The number of carbonyl (C=O) groups excluding carboxylic acids is 2. The van der Waals surface area contributed by atoms with E-state index < -0.39 is 11.9 Å². The number of carbonyl (C=O) groups is 2. The molecule has 0 aliphatic carbocycles. The molecule has 0 aliphatic rings. The lowest BCUT2D eigenvalue weighted by molar-refractivity contribution is -0.140. The molecule has 0 fully saturated rings. The second-order valence-electron chi connectivity index (χ2n) is 3.21. The molecule has 0 radical (unpaired) electrons. The maximum Gasteiger partial charge on any atom is 0.325 e. The third kappa shape index (κ3) is 4.43. The van der Waals surface area contributed by atoms with E-state index in [9.17, 15) is 9.59 Å². The lowest BCUT2D eigenvalue weighted by Gasteiger charge is -2.19. The molecule has 0 saturated heterocycles. The molecule has 0 atom stereocenters. The molecule has 0 unspecified atom stereocenters. The highest BCUT2D eigenvalue weighted by atomic mass is 127. The van der Waals surface area contributed by atoms with Crippen molar-refractivity contribution in [1.29, 1.82) is 0 Å². The quantitative estimate of drug-likeness (QED) is 0.546. The fourth-order valence-electron chi connectivity index (χ4n) is 1.11. The first kappa shape index (κ1) is 14.6. The second kappa shape index (κ2) is 7.09. The molecule has 1 aromatic heterocycles. The number of esters is 2. The lowest BCUT2D eigenvalue weighted by atomic mass is 10.5. The average molecular weight is 365 g/mol. The zero-order valence-electron chi connectivity index (χ0n) is 9.92. The molecule has 8 heteroatoms. The number of anilines is 1. The van der Waals surface area contributed by atoms with Crippen LogP contribution in [-0.2, 0) is 19.1 Å². The van der Waals surface area contributed by atoms with E-state index in [0.717, 1.165) is 3.57 Å². The monoisotopic (exact) mass is 365 g/mol. The van der Waals surface area contributed by atoms with Crippen molar-refractivity contribution in [3.05, 3.63) is 16.0 Å². The standard InChI is InChI=1S/C10H12IN3O4/c1-17-8(15)5-14(6-9(16)18-2)10-12-3-7(11)4-13-10/h3-4H,5-6H2,1-2H3. The number of halogens is 1. The van der Waals surface area contributed by atoms with Crippen LogP contribution in [0.4, 0.5) is 5.95 Å². The summed E-state index contributed by atoms with van der Waals surface area (Å²) in [5, 5.41) is 0. The predicted molar refractivity (Wildman–Crippen MR) is 71.0 cm³/mol. The van der Waals surface area contributed by atoms with Gasteiger partial charge < -0.3 is 14.4 Å². The van der Waals surface area contributed by atoms with Crippen molar-refractivity contribution in [3.8, 4) is 0 Å². The van der Waals surface area contributed by atoms with Crippen molar-refractivity contribution < 1.29 is 19.1 Å². The molecular formula is C10H12IN3O4. The van der Waals surface area contributed by atoms with Gasteiger partial charge >= 0.3 is 11.9 Å². The zero-order chi connectivity index (χ0) is 13.5. The third-order valence-corrected chi connectivity index (χ3v) is 2.54. The number of hydrogen-bond donors (Lipinski definition) is 0. The number of aromatic nitrogens is 2. The molecule has 18 heavy (non-hydrogen) atoms. The van der Waals surface area contributed by atoms with Gasteiger partial charge in [0.25, 0.3) is 0 Å². The molecule has 1 rings (SSSR count). The van der Waals surface area contributed by atoms with E-state index in [-0.39, 0.29) is 19.0 Å². The largest absolute Gasteiger partial charge is 0.468 e. The Morgan fingerprint density at radius 3 is 2.00 bits per heavy atom. The molecular weight excluding hydrogens is 353 g/mol. The van der Waals surface area contributed by atoms with Crippen LogP contribution in [0.2, 0.25) is 0 Å². The van der Waals surface area contributed by atoms with Crippen LogP contribution in [0.15, 0.2) is 12.4 Å². The van der Waals surface area contributed by atoms with Crippen LogP contribution in [0.1, 0.15) is 0 Å². The van der Waals surface area contributed by atoms with Gasteiger partial charge in [0.05, 0.1) is 14.2 Å². The van der Waals surface area contributed by atoms with E-state index in [1.165, 1.54) is 19.1 Å². The van der Waals surface area contributed by atoms with Crippen molar-refractivity contribution in [2.24, 2.45) is 0 Å². The van der Waals surface area contributed by atoms with Crippen LogP contribution in [0, 0.1) is 3.57 Å². The molecule has 0 N–H and O–H groups in total. The summed E-state index contributed by atoms with van der Waals surface area (Å²) >= 11 is 2.06. The Kier molecular flexibility index (Phi) is 5.75. The first-order valence-electron chi connectivity index (χ1n) is 4.93. The van der Waals surface area contributed by atoms with Crippen LogP contribution in [-0.4, -0.2) is 49.2 Å². The molecule has 0 spiro atoms. The molecule has 0 bridgehead atoms. The highest BCUT2D eigenvalue weighted by molar-refractivity contribution is 14.1. The first-order valence-corrected chi connectivity index (χ1v) is 6.00. The number of rotatable bonds is 5. The van der Waals surface area contributed by atoms with Gasteiger partial charge in [-0.05, 0) is 22.6 Å². The normalized spacial score (nSPS) is 9.72. The molecule has 7 nitrogen and oxygen atoms in total. The van der Waals surface area contributed by atoms with Gasteiger partial charge in [-0.3, -0.25) is 9.59 Å². The van der Waals surface area contributed by atoms with Gasteiger partial charge in [-0.1, -0.05) is 0 Å². The topological polar surface area (TPSA) is 81.6 Å². The van der Waals surface area contributed by atoms with Gasteiger partial charge in [-0.25, -0.2) is 9.97 Å². The maximum atomic E-state index is 11.3. The smallest absolute Gasteiger partial charge is 0.325 e. The van der Waals surface area contributed by atoms with E-state index in [1.54, 1.807) is 12.4 Å². The Hall–Kier alpha value is -1.45. The lowest BCUT2D eigenvalue weighted by Crippen LogP contribution is -2.36. The Bertz CT molecular complexity index is 406. The van der Waals surface area contributed by atoms with Crippen molar-refractivity contribution in [2.75, 3.05) is 32.2 Å². The third-order valence-electron chi connectivity index (χ3n) is 1.98. The molecule has 0 saturated carbocycles. The Labute approximate surface area is 118 Å². The molecule has 0 aliphatic heterocycles. The average Bonchev–Trinajstić information content (AvgIpc) is 2.38. The Balaban J connectivity index is 2.85. The summed E-state index contributed by atoms with van der Waals surface area (Å²) in [5.74, 6) is -0.701. The highest BCUT2D eigenvalue weighted by Crippen LogP contribution is 2.08. The predicted octanol–water partition coefficient (Wildman–Crippen LogP) is 0.234. The van der Waals surface area contributed by atoms with E-state index in [0.29, 0.717) is 0 Å². The van der Waals surface area contributed by atoms with Gasteiger partial charge in [0.2, 0.25) is 5.95 Å². The highest BCUT2D eigenvalue weighted by Gasteiger charge is 2.18. The van der Waals surface area contributed by atoms with E-state index in [1.807, 2.05) is 0 Å². The Morgan fingerprint density at radius 1 is 1.17 bits per heavy atom. The second-order valence-corrected chi connectivity index (χ2v) is 4.46. The maximum absolute atomic E-state index is 11.3. The summed E-state index contributed by atoms with van der Waals surface area (Å²) in [6, 6.07) is 0. The van der Waals surface area contributed by atoms with Gasteiger partial charge in [-0.2, -0.15) is 0 Å². The van der Waals surface area contributed by atoms with Gasteiger partial charge in [0.1, 0.15) is 13.1 Å². The van der Waals surface area contributed by atoms with Crippen LogP contribution in [0.25, 0.3) is 0 Å². The molecule has 1 heterocycles. The van der Waals surface area contributed by atoms with Gasteiger partial charge in [-0.15, -0.1) is 0 Å². The van der Waals surface area contributed by atoms with Crippen LogP contribution < -0.4 is 4.90 Å². The minimum Gasteiger partial charge on any atom is -0.468 e. The minimum atomic E-state index is -0.485. The number of nitrogens with zero attached hydrogens (tertiary/aromatic N) is 3. The van der Waals surface area contributed by atoms with Crippen LogP contribution >= 0.6 is 22.6 Å². The number of hydrogen-bond acceptors (Lipinski definition) is 7. The summed E-state index contributed by atoms with van der Waals surface area (Å²) in [4.78, 5) is 32.0. The fourth-order valence-corrected chi connectivity index (χ4v) is 1.39. The summed E-state index contributed by atoms with van der Waals surface area (Å²) in [6.45, 7) is -0.238. The molecule has 98 valence electrons. The van der Waals surface area contributed by atoms with E-state index in [4.69, 9.17) is 0 Å². The molecule has 0 amide bonds. The van der Waals surface area contributed by atoms with Gasteiger partial charge in [0.15, 0.2) is 0 Å². The summed E-state index contributed by atoms with van der Waals surface area (Å²) in [5.41, 5.74) is 0. The summed E-state index contributed by atoms with van der Waals surface area (Å²) in [7, 11) is 2.54. The van der Waals surface area contributed by atoms with Crippen molar-refractivity contribution in [3.63, 3.8) is 0 Å². The summed E-state index contributed by atoms with van der Waals surface area (Å²) in [6.07, 6.45) is 3.18. The first-order chi connectivity index (χ1) is 8.56.